The Hall–Kier alpha value is -1.21. The molecule has 6 nitrogen and oxygen atoms in total. The van der Waals surface area contributed by atoms with Crippen molar-refractivity contribution in [2.45, 2.75) is 25.3 Å². The maximum Gasteiger partial charge on any atom is 0.151 e. The predicted octanol–water partition coefficient (Wildman–Crippen LogP) is 0.812. The topological polar surface area (TPSA) is 66.4 Å². The molecule has 1 fully saturated rings. The van der Waals surface area contributed by atoms with Crippen molar-refractivity contribution in [1.82, 2.24) is 15.1 Å². The van der Waals surface area contributed by atoms with E-state index in [0.717, 1.165) is 38.3 Å². The van der Waals surface area contributed by atoms with Crippen molar-refractivity contribution in [3.05, 3.63) is 18.3 Å². The van der Waals surface area contributed by atoms with Gasteiger partial charge in [-0.05, 0) is 45.0 Å². The molecule has 1 saturated heterocycles. The van der Waals surface area contributed by atoms with Crippen molar-refractivity contribution in [2.24, 2.45) is 0 Å². The van der Waals surface area contributed by atoms with E-state index >= 15 is 0 Å². The van der Waals surface area contributed by atoms with Crippen molar-refractivity contribution in [3.8, 4) is 0 Å². The highest BCUT2D eigenvalue weighted by molar-refractivity contribution is 7.90. The van der Waals surface area contributed by atoms with Gasteiger partial charge in [-0.2, -0.15) is 5.10 Å². The largest absolute Gasteiger partial charge is 0.354 e. The smallest absolute Gasteiger partial charge is 0.151 e. The highest BCUT2D eigenvalue weighted by atomic mass is 32.2. The predicted molar refractivity (Wildman–Crippen MR) is 84.2 cm³/mol. The van der Waals surface area contributed by atoms with E-state index in [9.17, 15) is 8.42 Å². The van der Waals surface area contributed by atoms with Gasteiger partial charge in [0, 0.05) is 31.6 Å². The molecular formula is C14H24N4O2S. The molecule has 0 bridgehead atoms. The second-order valence-corrected chi connectivity index (χ2v) is 8.05. The van der Waals surface area contributed by atoms with Crippen LogP contribution in [0.3, 0.4) is 0 Å². The molecule has 118 valence electrons. The van der Waals surface area contributed by atoms with E-state index in [4.69, 9.17) is 0 Å². The third-order valence-corrected chi connectivity index (χ3v) is 4.96. The standard InChI is InChI=1S/C14H24N4O2S/c1-17(9-5-11-21(2,19)20)13-6-4-10-18(12-13)14-7-3-8-15-16-14/h3,7-8,13H,4-6,9-12H2,1-2H3/t13-/m0/s1. The van der Waals surface area contributed by atoms with Crippen molar-refractivity contribution in [3.63, 3.8) is 0 Å². The van der Waals surface area contributed by atoms with Crippen LogP contribution in [0.2, 0.25) is 0 Å². The molecule has 1 aromatic rings. The molecule has 0 N–H and O–H groups in total. The Morgan fingerprint density at radius 3 is 2.95 bits per heavy atom. The Labute approximate surface area is 127 Å². The van der Waals surface area contributed by atoms with Gasteiger partial charge in [0.1, 0.15) is 9.84 Å². The molecule has 1 aliphatic rings. The lowest BCUT2D eigenvalue weighted by Crippen LogP contribution is -2.47. The Morgan fingerprint density at radius 2 is 2.29 bits per heavy atom. The molecular weight excluding hydrogens is 288 g/mol. The fourth-order valence-corrected chi connectivity index (χ4v) is 3.40. The van der Waals surface area contributed by atoms with Gasteiger partial charge in [-0.25, -0.2) is 8.42 Å². The lowest BCUT2D eigenvalue weighted by atomic mass is 10.0. The number of anilines is 1. The summed E-state index contributed by atoms with van der Waals surface area (Å²) in [5.74, 6) is 1.18. The minimum atomic E-state index is -2.86. The van der Waals surface area contributed by atoms with Gasteiger partial charge in [-0.3, -0.25) is 0 Å². The molecule has 1 aromatic heterocycles. The van der Waals surface area contributed by atoms with Crippen molar-refractivity contribution < 1.29 is 8.42 Å². The van der Waals surface area contributed by atoms with E-state index in [1.54, 1.807) is 6.20 Å². The summed E-state index contributed by atoms with van der Waals surface area (Å²) in [6.45, 7) is 2.74. The quantitative estimate of drug-likeness (QED) is 0.774. The van der Waals surface area contributed by atoms with Crippen LogP contribution in [-0.2, 0) is 9.84 Å². The zero-order chi connectivity index (χ0) is 15.3. The number of likely N-dealkylation sites (N-methyl/N-ethyl adjacent to an activating group) is 1. The molecule has 2 heterocycles. The highest BCUT2D eigenvalue weighted by Crippen LogP contribution is 2.19. The Balaban J connectivity index is 1.86. The zero-order valence-corrected chi connectivity index (χ0v) is 13.6. The van der Waals surface area contributed by atoms with Crippen LogP contribution in [0.15, 0.2) is 18.3 Å². The molecule has 0 aliphatic carbocycles. The number of sulfone groups is 1. The van der Waals surface area contributed by atoms with Crippen LogP contribution < -0.4 is 4.90 Å². The fraction of sp³-hybridized carbons (Fsp3) is 0.714. The molecule has 0 saturated carbocycles. The molecule has 2 rings (SSSR count). The SMILES string of the molecule is CN(CCCS(C)(=O)=O)[C@H]1CCCN(c2cccnn2)C1. The van der Waals surface area contributed by atoms with Crippen molar-refractivity contribution in [1.29, 1.82) is 0 Å². The lowest BCUT2D eigenvalue weighted by Gasteiger charge is -2.38. The van der Waals surface area contributed by atoms with Crippen LogP contribution in [0.25, 0.3) is 0 Å². The highest BCUT2D eigenvalue weighted by Gasteiger charge is 2.24. The first-order valence-electron chi connectivity index (χ1n) is 7.36. The molecule has 0 amide bonds. The Morgan fingerprint density at radius 1 is 1.48 bits per heavy atom. The summed E-state index contributed by atoms with van der Waals surface area (Å²) in [7, 11) is -0.783. The third kappa shape index (κ3) is 5.24. The van der Waals surface area contributed by atoms with Gasteiger partial charge < -0.3 is 9.80 Å². The number of piperidine rings is 1. The molecule has 0 spiro atoms. The average molecular weight is 312 g/mol. The van der Waals surface area contributed by atoms with Gasteiger partial charge >= 0.3 is 0 Å². The van der Waals surface area contributed by atoms with Gasteiger partial charge in [0.15, 0.2) is 5.82 Å². The minimum absolute atomic E-state index is 0.262. The summed E-state index contributed by atoms with van der Waals surface area (Å²) in [5, 5.41) is 8.10. The average Bonchev–Trinajstić information content (AvgIpc) is 2.47. The molecule has 0 aromatic carbocycles. The summed E-state index contributed by atoms with van der Waals surface area (Å²) in [5.41, 5.74) is 0. The van der Waals surface area contributed by atoms with Crippen LogP contribution in [0.5, 0.6) is 0 Å². The van der Waals surface area contributed by atoms with Crippen LogP contribution >= 0.6 is 0 Å². The number of hydrogen-bond donors (Lipinski definition) is 0. The summed E-state index contributed by atoms with van der Waals surface area (Å²) >= 11 is 0. The van der Waals surface area contributed by atoms with Gasteiger partial charge in [0.25, 0.3) is 0 Å². The van der Waals surface area contributed by atoms with Crippen LogP contribution in [-0.4, -0.2) is 68.2 Å². The minimum Gasteiger partial charge on any atom is -0.354 e. The van der Waals surface area contributed by atoms with E-state index < -0.39 is 9.84 Å². The Bertz CT molecular complexity index is 535. The van der Waals surface area contributed by atoms with Gasteiger partial charge in [-0.1, -0.05) is 0 Å². The maximum absolute atomic E-state index is 11.2. The summed E-state index contributed by atoms with van der Waals surface area (Å²) in [6.07, 6.45) is 5.94. The molecule has 7 heteroatoms. The maximum atomic E-state index is 11.2. The molecule has 21 heavy (non-hydrogen) atoms. The first-order valence-corrected chi connectivity index (χ1v) is 9.42. The van der Waals surface area contributed by atoms with Gasteiger partial charge in [0.05, 0.1) is 5.75 Å². The summed E-state index contributed by atoms with van der Waals surface area (Å²) < 4.78 is 22.4. The molecule has 0 unspecified atom stereocenters. The summed E-state index contributed by atoms with van der Waals surface area (Å²) in [4.78, 5) is 4.53. The van der Waals surface area contributed by atoms with Gasteiger partial charge in [0.2, 0.25) is 0 Å². The van der Waals surface area contributed by atoms with E-state index in [1.807, 2.05) is 12.1 Å². The molecule has 0 radical (unpaired) electrons. The second-order valence-electron chi connectivity index (χ2n) is 5.79. The second kappa shape index (κ2) is 7.17. The zero-order valence-electron chi connectivity index (χ0n) is 12.8. The number of nitrogens with zero attached hydrogens (tertiary/aromatic N) is 4. The number of hydrogen-bond acceptors (Lipinski definition) is 6. The van der Waals surface area contributed by atoms with E-state index in [1.165, 1.54) is 6.26 Å². The summed E-state index contributed by atoms with van der Waals surface area (Å²) in [6, 6.07) is 4.33. The normalized spacial score (nSPS) is 20.0. The first-order chi connectivity index (χ1) is 9.96. The first kappa shape index (κ1) is 16.2. The fourth-order valence-electron chi connectivity index (χ4n) is 2.74. The Kier molecular flexibility index (Phi) is 5.52. The number of aromatic nitrogens is 2. The monoisotopic (exact) mass is 312 g/mol. The molecule has 1 aliphatic heterocycles. The van der Waals surface area contributed by atoms with Gasteiger partial charge in [-0.15, -0.1) is 5.10 Å². The van der Waals surface area contributed by atoms with Crippen molar-refractivity contribution >= 4 is 15.7 Å². The molecule has 1 atom stereocenters. The van der Waals surface area contributed by atoms with Crippen molar-refractivity contribution in [2.75, 3.05) is 43.6 Å². The van der Waals surface area contributed by atoms with Crippen LogP contribution in [0, 0.1) is 0 Å². The van der Waals surface area contributed by atoms with Crippen LogP contribution in [0.1, 0.15) is 19.3 Å². The number of rotatable bonds is 6. The van der Waals surface area contributed by atoms with E-state index in [-0.39, 0.29) is 5.75 Å². The third-order valence-electron chi connectivity index (χ3n) is 3.93. The van der Waals surface area contributed by atoms with Crippen LogP contribution in [0.4, 0.5) is 5.82 Å². The van der Waals surface area contributed by atoms with E-state index in [0.29, 0.717) is 12.5 Å². The lowest BCUT2D eigenvalue weighted by molar-refractivity contribution is 0.215. The van der Waals surface area contributed by atoms with E-state index in [2.05, 4.69) is 27.0 Å².